The van der Waals surface area contributed by atoms with Gasteiger partial charge in [-0.25, -0.2) is 19.0 Å². The van der Waals surface area contributed by atoms with Crippen molar-refractivity contribution in [1.82, 2.24) is 19.7 Å². The van der Waals surface area contributed by atoms with Crippen LogP contribution in [0.15, 0.2) is 48.8 Å². The highest BCUT2D eigenvalue weighted by Gasteiger charge is 2.27. The van der Waals surface area contributed by atoms with Gasteiger partial charge in [-0.2, -0.15) is 5.10 Å². The standard InChI is InChI=1S/C21H19FN6/c1-24-17-10-14(6-7-16(17)22)19-18-20(23)25-11-26-21(18)28(27-19)15-8-12-4-2-3-5-13(12)9-15/h2-7,10-11,15,24H,8-9H2,1H3,(H2,23,25,26). The fourth-order valence-electron chi connectivity index (χ4n) is 4.02. The summed E-state index contributed by atoms with van der Waals surface area (Å²) in [6, 6.07) is 13.5. The SMILES string of the molecule is CNc1cc(-c2nn(C3Cc4ccccc4C3)c3ncnc(N)c23)ccc1F. The molecule has 0 aliphatic heterocycles. The van der Waals surface area contributed by atoms with Gasteiger partial charge in [0.1, 0.15) is 23.7 Å². The molecule has 2 aromatic heterocycles. The molecule has 0 bridgehead atoms. The van der Waals surface area contributed by atoms with Crippen LogP contribution in [0.25, 0.3) is 22.3 Å². The van der Waals surface area contributed by atoms with Crippen molar-refractivity contribution in [2.45, 2.75) is 18.9 Å². The number of hydrogen-bond donors (Lipinski definition) is 2. The minimum absolute atomic E-state index is 0.159. The van der Waals surface area contributed by atoms with Crippen molar-refractivity contribution >= 4 is 22.5 Å². The summed E-state index contributed by atoms with van der Waals surface area (Å²) in [4.78, 5) is 8.63. The van der Waals surface area contributed by atoms with E-state index in [1.54, 1.807) is 19.2 Å². The van der Waals surface area contributed by atoms with E-state index in [1.807, 2.05) is 4.68 Å². The Hall–Kier alpha value is -3.48. The van der Waals surface area contributed by atoms with Crippen molar-refractivity contribution in [2.75, 3.05) is 18.1 Å². The second kappa shape index (κ2) is 6.30. The maximum atomic E-state index is 13.9. The molecule has 28 heavy (non-hydrogen) atoms. The fourth-order valence-corrected chi connectivity index (χ4v) is 4.02. The van der Waals surface area contributed by atoms with Crippen molar-refractivity contribution in [3.05, 3.63) is 65.7 Å². The van der Waals surface area contributed by atoms with Gasteiger partial charge >= 0.3 is 0 Å². The quantitative estimate of drug-likeness (QED) is 0.573. The minimum Gasteiger partial charge on any atom is -0.386 e. The maximum absolute atomic E-state index is 13.9. The molecule has 140 valence electrons. The first-order valence-corrected chi connectivity index (χ1v) is 9.19. The van der Waals surface area contributed by atoms with Gasteiger partial charge in [-0.1, -0.05) is 24.3 Å². The normalized spacial score (nSPS) is 13.8. The molecule has 0 radical (unpaired) electrons. The lowest BCUT2D eigenvalue weighted by Crippen LogP contribution is -2.11. The van der Waals surface area contributed by atoms with Crippen LogP contribution in [0.1, 0.15) is 17.2 Å². The topological polar surface area (TPSA) is 81.7 Å². The molecule has 0 spiro atoms. The van der Waals surface area contributed by atoms with E-state index in [0.29, 0.717) is 28.2 Å². The Bertz CT molecular complexity index is 1170. The van der Waals surface area contributed by atoms with Gasteiger partial charge in [0.05, 0.1) is 17.1 Å². The van der Waals surface area contributed by atoms with E-state index < -0.39 is 0 Å². The molecule has 1 aliphatic rings. The molecular weight excluding hydrogens is 355 g/mol. The van der Waals surface area contributed by atoms with Gasteiger partial charge < -0.3 is 11.1 Å². The predicted molar refractivity (Wildman–Crippen MR) is 108 cm³/mol. The summed E-state index contributed by atoms with van der Waals surface area (Å²) in [6.07, 6.45) is 3.24. The number of rotatable bonds is 3. The zero-order valence-electron chi connectivity index (χ0n) is 15.4. The van der Waals surface area contributed by atoms with Gasteiger partial charge in [0.25, 0.3) is 0 Å². The zero-order valence-corrected chi connectivity index (χ0v) is 15.4. The highest BCUT2D eigenvalue weighted by Crippen LogP contribution is 2.37. The summed E-state index contributed by atoms with van der Waals surface area (Å²) in [5.41, 5.74) is 11.4. The van der Waals surface area contributed by atoms with Crippen LogP contribution in [0.4, 0.5) is 15.9 Å². The van der Waals surface area contributed by atoms with Crippen LogP contribution in [-0.4, -0.2) is 26.8 Å². The Morgan fingerprint density at radius 2 is 1.86 bits per heavy atom. The second-order valence-electron chi connectivity index (χ2n) is 7.03. The predicted octanol–water partition coefficient (Wildman–Crippen LogP) is 3.60. The van der Waals surface area contributed by atoms with Crippen LogP contribution in [0.2, 0.25) is 0 Å². The van der Waals surface area contributed by atoms with Crippen molar-refractivity contribution in [2.24, 2.45) is 0 Å². The molecule has 0 amide bonds. The summed E-state index contributed by atoms with van der Waals surface area (Å²) >= 11 is 0. The van der Waals surface area contributed by atoms with Gasteiger partial charge in [0.15, 0.2) is 5.65 Å². The molecule has 3 N–H and O–H groups in total. The third-order valence-corrected chi connectivity index (χ3v) is 5.40. The Labute approximate surface area is 161 Å². The van der Waals surface area contributed by atoms with E-state index in [1.165, 1.54) is 23.5 Å². The van der Waals surface area contributed by atoms with Crippen LogP contribution >= 0.6 is 0 Å². The van der Waals surface area contributed by atoms with Crippen molar-refractivity contribution in [1.29, 1.82) is 0 Å². The molecule has 0 saturated heterocycles. The van der Waals surface area contributed by atoms with Gasteiger partial charge in [0, 0.05) is 12.6 Å². The summed E-state index contributed by atoms with van der Waals surface area (Å²) in [6.45, 7) is 0. The molecule has 0 unspecified atom stereocenters. The number of nitrogens with one attached hydrogen (secondary N) is 1. The first-order valence-electron chi connectivity index (χ1n) is 9.19. The number of nitrogen functional groups attached to an aromatic ring is 1. The van der Waals surface area contributed by atoms with E-state index >= 15 is 0 Å². The van der Waals surface area contributed by atoms with E-state index in [2.05, 4.69) is 39.6 Å². The van der Waals surface area contributed by atoms with Gasteiger partial charge in [-0.05, 0) is 42.2 Å². The Morgan fingerprint density at radius 1 is 1.11 bits per heavy atom. The Morgan fingerprint density at radius 3 is 2.57 bits per heavy atom. The highest BCUT2D eigenvalue weighted by molar-refractivity contribution is 5.98. The maximum Gasteiger partial charge on any atom is 0.164 e. The molecule has 0 saturated carbocycles. The number of fused-ring (bicyclic) bond motifs is 2. The molecular formula is C21H19FN6. The van der Waals surface area contributed by atoms with E-state index in [-0.39, 0.29) is 11.9 Å². The van der Waals surface area contributed by atoms with Crippen LogP contribution in [0.5, 0.6) is 0 Å². The average Bonchev–Trinajstić information content (AvgIpc) is 3.30. The molecule has 4 aromatic rings. The number of aromatic nitrogens is 4. The molecule has 0 fully saturated rings. The van der Waals surface area contributed by atoms with Crippen molar-refractivity contribution in [3.8, 4) is 11.3 Å². The van der Waals surface area contributed by atoms with Crippen LogP contribution < -0.4 is 11.1 Å². The van der Waals surface area contributed by atoms with Crippen molar-refractivity contribution in [3.63, 3.8) is 0 Å². The van der Waals surface area contributed by atoms with E-state index in [4.69, 9.17) is 10.8 Å². The lowest BCUT2D eigenvalue weighted by molar-refractivity contribution is 0.488. The summed E-state index contributed by atoms with van der Waals surface area (Å²) in [7, 11) is 1.69. The van der Waals surface area contributed by atoms with Crippen LogP contribution in [0.3, 0.4) is 0 Å². The lowest BCUT2D eigenvalue weighted by atomic mass is 10.1. The number of nitrogens with zero attached hydrogens (tertiary/aromatic N) is 4. The average molecular weight is 374 g/mol. The Balaban J connectivity index is 1.68. The van der Waals surface area contributed by atoms with E-state index in [0.717, 1.165) is 18.4 Å². The third-order valence-electron chi connectivity index (χ3n) is 5.40. The Kier molecular flexibility index (Phi) is 3.75. The van der Waals surface area contributed by atoms with Gasteiger partial charge in [-0.3, -0.25) is 0 Å². The number of anilines is 2. The monoisotopic (exact) mass is 374 g/mol. The molecule has 5 rings (SSSR count). The van der Waals surface area contributed by atoms with Crippen molar-refractivity contribution < 1.29 is 4.39 Å². The summed E-state index contributed by atoms with van der Waals surface area (Å²) in [5.74, 6) is 0.0579. The molecule has 7 heteroatoms. The summed E-state index contributed by atoms with van der Waals surface area (Å²) in [5, 5.41) is 8.45. The highest BCUT2D eigenvalue weighted by atomic mass is 19.1. The summed E-state index contributed by atoms with van der Waals surface area (Å²) < 4.78 is 15.9. The van der Waals surface area contributed by atoms with Crippen LogP contribution in [0, 0.1) is 5.82 Å². The molecule has 1 aliphatic carbocycles. The number of nitrogens with two attached hydrogens (primary N) is 1. The second-order valence-corrected chi connectivity index (χ2v) is 7.03. The molecule has 6 nitrogen and oxygen atoms in total. The molecule has 2 aromatic carbocycles. The first kappa shape index (κ1) is 16.7. The minimum atomic E-state index is -0.314. The lowest BCUT2D eigenvalue weighted by Gasteiger charge is -2.10. The van der Waals surface area contributed by atoms with Gasteiger partial charge in [-0.15, -0.1) is 0 Å². The first-order chi connectivity index (χ1) is 13.7. The number of benzene rings is 2. The van der Waals surface area contributed by atoms with Gasteiger partial charge in [0.2, 0.25) is 0 Å². The zero-order chi connectivity index (χ0) is 19.3. The molecule has 0 atom stereocenters. The third kappa shape index (κ3) is 2.51. The fraction of sp³-hybridized carbons (Fsp3) is 0.190. The number of halogens is 1. The van der Waals surface area contributed by atoms with E-state index in [9.17, 15) is 4.39 Å². The molecule has 2 heterocycles. The number of hydrogen-bond acceptors (Lipinski definition) is 5. The van der Waals surface area contributed by atoms with Crippen LogP contribution in [-0.2, 0) is 12.8 Å². The largest absolute Gasteiger partial charge is 0.386 e. The smallest absolute Gasteiger partial charge is 0.164 e.